The Bertz CT molecular complexity index is 913. The van der Waals surface area contributed by atoms with Crippen LogP contribution in [0, 0.1) is 5.41 Å². The Kier molecular flexibility index (Phi) is 5.83. The first-order valence-corrected chi connectivity index (χ1v) is 8.67. The van der Waals surface area contributed by atoms with Crippen LogP contribution in [0.3, 0.4) is 0 Å². The molecule has 3 aromatic rings. The first-order valence-electron chi connectivity index (χ1n) is 8.67. The summed E-state index contributed by atoms with van der Waals surface area (Å²) in [6.07, 6.45) is 5.21. The number of hydrogen-bond acceptors (Lipinski definition) is 5. The van der Waals surface area contributed by atoms with Crippen LogP contribution in [0.1, 0.15) is 51.9 Å². The standard InChI is InChI=1S/C15H16N4O.C5H10O2/c1-15(2,3)13(20)9-7-17-14-12(9)19-11(8-18-14)10-5-4-6-16-10;1-5(2,3)7-4-6/h4-8,16H,1-3H3,(H,17,18);4H,1-3H3. The highest BCUT2D eigenvalue weighted by Crippen LogP contribution is 2.26. The van der Waals surface area contributed by atoms with Gasteiger partial charge in [-0.05, 0) is 32.9 Å². The summed E-state index contributed by atoms with van der Waals surface area (Å²) in [5, 5.41) is 0. The molecule has 0 radical (unpaired) electrons. The van der Waals surface area contributed by atoms with Crippen molar-refractivity contribution >= 4 is 23.4 Å². The number of nitrogens with one attached hydrogen (secondary N) is 2. The quantitative estimate of drug-likeness (QED) is 0.533. The minimum absolute atomic E-state index is 0.0571. The molecule has 0 fully saturated rings. The molecule has 144 valence electrons. The van der Waals surface area contributed by atoms with Crippen molar-refractivity contribution in [1.29, 1.82) is 0 Å². The van der Waals surface area contributed by atoms with Gasteiger partial charge in [-0.15, -0.1) is 0 Å². The Balaban J connectivity index is 0.000000321. The van der Waals surface area contributed by atoms with Gasteiger partial charge < -0.3 is 14.7 Å². The molecule has 0 unspecified atom stereocenters. The fraction of sp³-hybridized carbons (Fsp3) is 0.400. The van der Waals surface area contributed by atoms with E-state index in [1.807, 2.05) is 59.9 Å². The van der Waals surface area contributed by atoms with E-state index in [0.29, 0.717) is 23.2 Å². The van der Waals surface area contributed by atoms with Gasteiger partial charge >= 0.3 is 0 Å². The van der Waals surface area contributed by atoms with Crippen LogP contribution in [-0.4, -0.2) is 37.8 Å². The van der Waals surface area contributed by atoms with Crippen molar-refractivity contribution in [2.75, 3.05) is 0 Å². The van der Waals surface area contributed by atoms with Crippen molar-refractivity contribution in [3.63, 3.8) is 0 Å². The zero-order valence-electron chi connectivity index (χ0n) is 16.6. The lowest BCUT2D eigenvalue weighted by Crippen LogP contribution is -2.20. The van der Waals surface area contributed by atoms with Crippen LogP contribution in [0.25, 0.3) is 22.6 Å². The third kappa shape index (κ3) is 5.26. The molecule has 0 aliphatic rings. The fourth-order valence-electron chi connectivity index (χ4n) is 2.23. The minimum Gasteiger partial charge on any atom is -0.462 e. The second kappa shape index (κ2) is 7.73. The fourth-order valence-corrected chi connectivity index (χ4v) is 2.23. The number of H-pyrrole nitrogens is 2. The van der Waals surface area contributed by atoms with Gasteiger partial charge in [-0.3, -0.25) is 9.59 Å². The molecule has 27 heavy (non-hydrogen) atoms. The molecule has 2 N–H and O–H groups in total. The number of carbonyl (C=O) groups excluding carboxylic acids is 2. The topological polar surface area (TPSA) is 101 Å². The summed E-state index contributed by atoms with van der Waals surface area (Å²) >= 11 is 0. The first kappa shape index (κ1) is 20.4. The normalized spacial score (nSPS) is 11.6. The molecule has 0 aromatic carbocycles. The highest BCUT2D eigenvalue weighted by atomic mass is 16.5. The lowest BCUT2D eigenvalue weighted by molar-refractivity contribution is -0.138. The summed E-state index contributed by atoms with van der Waals surface area (Å²) in [7, 11) is 0. The molecule has 3 aromatic heterocycles. The second-order valence-corrected chi connectivity index (χ2v) is 8.14. The summed E-state index contributed by atoms with van der Waals surface area (Å²) in [4.78, 5) is 37.0. The van der Waals surface area contributed by atoms with Gasteiger partial charge in [0.15, 0.2) is 11.4 Å². The highest BCUT2D eigenvalue weighted by Gasteiger charge is 2.26. The number of ether oxygens (including phenoxy) is 1. The number of aromatic amines is 2. The van der Waals surface area contributed by atoms with Gasteiger partial charge in [0, 0.05) is 17.8 Å². The van der Waals surface area contributed by atoms with Gasteiger partial charge in [0.2, 0.25) is 0 Å². The Morgan fingerprint density at radius 2 is 1.85 bits per heavy atom. The van der Waals surface area contributed by atoms with Crippen LogP contribution in [-0.2, 0) is 9.53 Å². The number of aromatic nitrogens is 4. The summed E-state index contributed by atoms with van der Waals surface area (Å²) in [5.74, 6) is 0.0571. The SMILES string of the molecule is CC(C)(C)C(=O)c1c[nH]c2ncc(-c3ccc[nH]3)nc12.CC(C)(C)OC=O. The Labute approximate surface area is 158 Å². The maximum Gasteiger partial charge on any atom is 0.293 e. The van der Waals surface area contributed by atoms with E-state index in [4.69, 9.17) is 0 Å². The third-order valence-corrected chi connectivity index (χ3v) is 3.58. The largest absolute Gasteiger partial charge is 0.462 e. The first-order chi connectivity index (χ1) is 12.5. The molecule has 7 heteroatoms. The van der Waals surface area contributed by atoms with Crippen LogP contribution < -0.4 is 0 Å². The molecule has 0 atom stereocenters. The average Bonchev–Trinajstić information content (AvgIpc) is 3.22. The number of rotatable bonds is 3. The summed E-state index contributed by atoms with van der Waals surface area (Å²) in [6, 6.07) is 3.83. The third-order valence-electron chi connectivity index (χ3n) is 3.58. The molecule has 0 bridgehead atoms. The monoisotopic (exact) mass is 370 g/mol. The van der Waals surface area contributed by atoms with E-state index >= 15 is 0 Å². The smallest absolute Gasteiger partial charge is 0.293 e. The second-order valence-electron chi connectivity index (χ2n) is 8.14. The lowest BCUT2D eigenvalue weighted by Gasteiger charge is -2.15. The molecule has 0 saturated carbocycles. The predicted molar refractivity (Wildman–Crippen MR) is 104 cm³/mol. The molecule has 0 saturated heterocycles. The molecular weight excluding hydrogens is 344 g/mol. The number of hydrogen-bond donors (Lipinski definition) is 2. The molecule has 7 nitrogen and oxygen atoms in total. The van der Waals surface area contributed by atoms with Gasteiger partial charge in [0.1, 0.15) is 16.8 Å². The van der Waals surface area contributed by atoms with Crippen LogP contribution in [0.5, 0.6) is 0 Å². The van der Waals surface area contributed by atoms with Crippen molar-refractivity contribution in [2.24, 2.45) is 5.41 Å². The Hall–Kier alpha value is -2.96. The maximum absolute atomic E-state index is 12.4. The van der Waals surface area contributed by atoms with Crippen molar-refractivity contribution in [3.8, 4) is 11.4 Å². The van der Waals surface area contributed by atoms with Crippen LogP contribution in [0.2, 0.25) is 0 Å². The summed E-state index contributed by atoms with van der Waals surface area (Å²) in [6.45, 7) is 11.6. The van der Waals surface area contributed by atoms with Crippen LogP contribution in [0.15, 0.2) is 30.7 Å². The van der Waals surface area contributed by atoms with Crippen LogP contribution >= 0.6 is 0 Å². The van der Waals surface area contributed by atoms with Gasteiger partial charge in [-0.25, -0.2) is 9.97 Å². The van der Waals surface area contributed by atoms with E-state index in [1.54, 1.807) is 12.4 Å². The zero-order chi connectivity index (χ0) is 20.2. The number of ketones is 1. The lowest BCUT2D eigenvalue weighted by atomic mass is 9.87. The van der Waals surface area contributed by atoms with E-state index in [2.05, 4.69) is 24.7 Å². The zero-order valence-corrected chi connectivity index (χ0v) is 16.6. The maximum atomic E-state index is 12.4. The molecule has 0 amide bonds. The van der Waals surface area contributed by atoms with Crippen molar-refractivity contribution in [2.45, 2.75) is 47.1 Å². The van der Waals surface area contributed by atoms with E-state index < -0.39 is 5.41 Å². The number of fused-ring (bicyclic) bond motifs is 1. The molecule has 3 heterocycles. The molecular formula is C20H26N4O3. The number of Topliss-reactive ketones (excluding diaryl/α,β-unsaturated/α-hetero) is 1. The van der Waals surface area contributed by atoms with Gasteiger partial charge in [-0.1, -0.05) is 20.8 Å². The van der Waals surface area contributed by atoms with Gasteiger partial charge in [-0.2, -0.15) is 0 Å². The van der Waals surface area contributed by atoms with Crippen molar-refractivity contribution in [3.05, 3.63) is 36.3 Å². The van der Waals surface area contributed by atoms with Crippen molar-refractivity contribution in [1.82, 2.24) is 19.9 Å². The number of carbonyl (C=O) groups is 2. The Morgan fingerprint density at radius 1 is 1.15 bits per heavy atom. The van der Waals surface area contributed by atoms with E-state index in [0.717, 1.165) is 11.4 Å². The highest BCUT2D eigenvalue weighted by molar-refractivity contribution is 6.08. The molecule has 0 aliphatic heterocycles. The molecule has 3 rings (SSSR count). The average molecular weight is 370 g/mol. The predicted octanol–water partition coefficient (Wildman–Crippen LogP) is 4.14. The summed E-state index contributed by atoms with van der Waals surface area (Å²) in [5.41, 5.74) is 2.69. The Morgan fingerprint density at radius 3 is 2.33 bits per heavy atom. The number of nitrogens with zero attached hydrogens (tertiary/aromatic N) is 2. The summed E-state index contributed by atoms with van der Waals surface area (Å²) < 4.78 is 4.55. The van der Waals surface area contributed by atoms with Gasteiger partial charge in [0.05, 0.1) is 17.5 Å². The van der Waals surface area contributed by atoms with Crippen LogP contribution in [0.4, 0.5) is 0 Å². The van der Waals surface area contributed by atoms with Crippen molar-refractivity contribution < 1.29 is 14.3 Å². The molecule has 0 aliphatic carbocycles. The van der Waals surface area contributed by atoms with E-state index in [9.17, 15) is 9.59 Å². The van der Waals surface area contributed by atoms with Gasteiger partial charge in [0.25, 0.3) is 6.47 Å². The van der Waals surface area contributed by atoms with E-state index in [-0.39, 0.29) is 11.4 Å². The van der Waals surface area contributed by atoms with E-state index in [1.165, 1.54) is 0 Å². The minimum atomic E-state index is -0.445. The molecule has 0 spiro atoms.